The third-order valence-electron chi connectivity index (χ3n) is 13.2. The molecule has 0 atom stereocenters. The first-order valence-electron chi connectivity index (χ1n) is 24.1. The summed E-state index contributed by atoms with van der Waals surface area (Å²) in [6.45, 7) is 6.16. The maximum atomic E-state index is 4.92. The molecule has 4 aromatic carbocycles. The quantitative estimate of drug-likeness (QED) is 0.0933. The van der Waals surface area contributed by atoms with E-state index in [1.807, 2.05) is 141 Å². The van der Waals surface area contributed by atoms with Crippen LogP contribution in [0.25, 0.3) is 128 Å². The topological polar surface area (TPSA) is 103 Å². The van der Waals surface area contributed by atoms with Crippen LogP contribution < -0.4 is 0 Å². The molecule has 0 fully saturated rings. The van der Waals surface area contributed by atoms with Crippen LogP contribution in [0.5, 0.6) is 0 Å². The Balaban J connectivity index is 0.898. The molecule has 0 radical (unpaired) electrons. The van der Waals surface area contributed by atoms with Gasteiger partial charge in [0.2, 0.25) is 0 Å². The number of hydrogen-bond donors (Lipinski definition) is 0. The van der Waals surface area contributed by atoms with E-state index in [2.05, 4.69) is 122 Å². The Labute approximate surface area is 422 Å². The second-order valence-electron chi connectivity index (χ2n) is 17.7. The van der Waals surface area contributed by atoms with Crippen molar-refractivity contribution in [2.45, 2.75) is 6.92 Å². The Morgan fingerprint density at radius 1 is 0.315 bits per heavy atom. The van der Waals surface area contributed by atoms with Gasteiger partial charge in [-0.25, -0.2) is 0 Å². The molecule has 0 unspecified atom stereocenters. The smallest absolute Gasteiger partial charge is 0.0886 e. The highest BCUT2D eigenvalue weighted by molar-refractivity contribution is 6.26. The lowest BCUT2D eigenvalue weighted by Gasteiger charge is -2.15. The van der Waals surface area contributed by atoms with Gasteiger partial charge in [-0.05, 0) is 159 Å². The van der Waals surface area contributed by atoms with Crippen LogP contribution in [-0.4, -0.2) is 39.9 Å². The van der Waals surface area contributed by atoms with E-state index < -0.39 is 0 Å². The molecule has 0 spiro atoms. The molecule has 0 aliphatic heterocycles. The Morgan fingerprint density at radius 2 is 0.671 bits per heavy atom. The van der Waals surface area contributed by atoms with Crippen LogP contribution in [0.15, 0.2) is 244 Å². The number of fused-ring (bicyclic) bond motifs is 6. The van der Waals surface area contributed by atoms with E-state index in [1.165, 1.54) is 0 Å². The Bertz CT molecular complexity index is 3860. The first-order chi connectivity index (χ1) is 36.0. The molecule has 0 N–H and O–H groups in total. The van der Waals surface area contributed by atoms with E-state index in [-0.39, 0.29) is 0 Å². The largest absolute Gasteiger partial charge is 0.256 e. The molecule has 0 aliphatic carbocycles. The van der Waals surface area contributed by atoms with Gasteiger partial charge in [0.05, 0.1) is 45.6 Å². The van der Waals surface area contributed by atoms with E-state index in [9.17, 15) is 0 Å². The van der Waals surface area contributed by atoms with Gasteiger partial charge in [-0.1, -0.05) is 97.6 Å². The van der Waals surface area contributed by atoms with Gasteiger partial charge in [0.1, 0.15) is 0 Å². The molecule has 8 nitrogen and oxygen atoms in total. The Morgan fingerprint density at radius 3 is 1.01 bits per heavy atom. The SMILES string of the molecule is C=C(/C=C\C=C/C)c1ccc(-c2ccc(-c3ccc4c(c3)c3ccc(-c5ccc(-c6ccc(-c7ccccn7)nc6)nc5)cc3c3ccc(-c5ccc(-c6ccc(-c7ccccn7)nc6)nc5)cc43)cn2)cn1. The summed E-state index contributed by atoms with van der Waals surface area (Å²) in [6, 6.07) is 56.6. The molecule has 8 aromatic heterocycles. The molecule has 0 amide bonds. The molecule has 12 rings (SSSR count). The van der Waals surface area contributed by atoms with Crippen molar-refractivity contribution in [1.29, 1.82) is 0 Å². The average molecular weight is 937 g/mol. The van der Waals surface area contributed by atoms with Crippen LogP contribution in [0.3, 0.4) is 0 Å². The molecule has 12 aromatic rings. The van der Waals surface area contributed by atoms with Crippen molar-refractivity contribution >= 4 is 37.9 Å². The third-order valence-corrected chi connectivity index (χ3v) is 13.2. The zero-order valence-corrected chi connectivity index (χ0v) is 39.8. The van der Waals surface area contributed by atoms with Crippen molar-refractivity contribution in [3.8, 4) is 89.9 Å². The molecule has 8 heterocycles. The molecule has 0 aliphatic rings. The average Bonchev–Trinajstić information content (AvgIpc) is 3.47. The second-order valence-corrected chi connectivity index (χ2v) is 17.7. The normalized spacial score (nSPS) is 11.6. The maximum absolute atomic E-state index is 4.92. The van der Waals surface area contributed by atoms with Crippen LogP contribution in [0, 0.1) is 0 Å². The number of pyridine rings is 8. The number of allylic oxidation sites excluding steroid dienone is 5. The van der Waals surface area contributed by atoms with Crippen LogP contribution in [0.4, 0.5) is 0 Å². The minimum atomic E-state index is 0.823. The summed E-state index contributed by atoms with van der Waals surface area (Å²) in [5.41, 5.74) is 16.7. The molecule has 344 valence electrons. The number of aromatic nitrogens is 8. The van der Waals surface area contributed by atoms with Crippen molar-refractivity contribution in [1.82, 2.24) is 39.9 Å². The summed E-state index contributed by atoms with van der Waals surface area (Å²) in [5.74, 6) is 0. The zero-order chi connectivity index (χ0) is 49.1. The molecule has 0 saturated heterocycles. The van der Waals surface area contributed by atoms with Crippen molar-refractivity contribution in [3.05, 3.63) is 250 Å². The number of rotatable bonds is 11. The van der Waals surface area contributed by atoms with Crippen LogP contribution in [0.2, 0.25) is 0 Å². The van der Waals surface area contributed by atoms with Crippen molar-refractivity contribution < 1.29 is 0 Å². The van der Waals surface area contributed by atoms with Crippen molar-refractivity contribution in [3.63, 3.8) is 0 Å². The summed E-state index contributed by atoms with van der Waals surface area (Å²) in [4.78, 5) is 37.7. The van der Waals surface area contributed by atoms with Crippen LogP contribution in [0.1, 0.15) is 12.6 Å². The van der Waals surface area contributed by atoms with Crippen molar-refractivity contribution in [2.24, 2.45) is 0 Å². The fourth-order valence-corrected chi connectivity index (χ4v) is 9.28. The lowest BCUT2D eigenvalue weighted by molar-refractivity contribution is 1.24. The predicted molar refractivity (Wildman–Crippen MR) is 298 cm³/mol. The summed E-state index contributed by atoms with van der Waals surface area (Å²) < 4.78 is 0. The number of benzene rings is 4. The van der Waals surface area contributed by atoms with E-state index in [4.69, 9.17) is 15.0 Å². The highest BCUT2D eigenvalue weighted by Gasteiger charge is 2.15. The molecule has 0 saturated carbocycles. The maximum Gasteiger partial charge on any atom is 0.0886 e. The highest BCUT2D eigenvalue weighted by atomic mass is 14.8. The van der Waals surface area contributed by atoms with Gasteiger partial charge in [0.25, 0.3) is 0 Å². The molecule has 73 heavy (non-hydrogen) atoms. The molecule has 0 bridgehead atoms. The minimum Gasteiger partial charge on any atom is -0.256 e. The summed E-state index contributed by atoms with van der Waals surface area (Å²) >= 11 is 0. The monoisotopic (exact) mass is 936 g/mol. The van der Waals surface area contributed by atoms with Crippen molar-refractivity contribution in [2.75, 3.05) is 0 Å². The van der Waals surface area contributed by atoms with E-state index in [0.717, 1.165) is 134 Å². The van der Waals surface area contributed by atoms with Gasteiger partial charge in [-0.15, -0.1) is 0 Å². The van der Waals surface area contributed by atoms with E-state index in [0.29, 0.717) is 0 Å². The standard InChI is InChI=1S/C65H44N8/c1-3-4-5-10-42(2)58-25-19-49(39-68-58)59-26-16-46(36-69-59)43-13-22-52-55(33-43)53-23-14-44(47-17-27-60(70-37-47)50-20-29-64(72-40-50)62-11-6-8-31-66-62)35-57(53)54-24-15-45(34-56(52)54)48-18-28-61(71-38-48)51-21-30-65(73-41-51)63-12-7-9-32-67-63/h3-41H,2H2,1H3/b4-3-,10-5-. The Hall–Kier alpha value is -9.92. The fraction of sp³-hybridized carbons (Fsp3) is 0.0154. The first-order valence-corrected chi connectivity index (χ1v) is 24.1. The van der Waals surface area contributed by atoms with Gasteiger partial charge in [0, 0.05) is 83.0 Å². The molecular formula is C65H44N8. The van der Waals surface area contributed by atoms with Crippen LogP contribution >= 0.6 is 0 Å². The number of nitrogens with zero attached hydrogens (tertiary/aromatic N) is 8. The van der Waals surface area contributed by atoms with E-state index in [1.54, 1.807) is 12.4 Å². The van der Waals surface area contributed by atoms with Gasteiger partial charge >= 0.3 is 0 Å². The minimum absolute atomic E-state index is 0.823. The van der Waals surface area contributed by atoms with Crippen LogP contribution in [-0.2, 0) is 0 Å². The molecule has 8 heteroatoms. The fourth-order valence-electron chi connectivity index (χ4n) is 9.28. The number of hydrogen-bond acceptors (Lipinski definition) is 8. The highest BCUT2D eigenvalue weighted by Crippen LogP contribution is 2.41. The predicted octanol–water partition coefficient (Wildman–Crippen LogP) is 15.8. The zero-order valence-electron chi connectivity index (χ0n) is 39.8. The summed E-state index contributed by atoms with van der Waals surface area (Å²) in [5, 5.41) is 6.95. The summed E-state index contributed by atoms with van der Waals surface area (Å²) in [7, 11) is 0. The summed E-state index contributed by atoms with van der Waals surface area (Å²) in [6.07, 6.45) is 22.9. The van der Waals surface area contributed by atoms with E-state index >= 15 is 0 Å². The molecular weight excluding hydrogens is 893 g/mol. The van der Waals surface area contributed by atoms with Gasteiger partial charge in [-0.3, -0.25) is 39.9 Å². The third kappa shape index (κ3) is 8.97. The van der Waals surface area contributed by atoms with Gasteiger partial charge in [0.15, 0.2) is 0 Å². The second kappa shape index (κ2) is 19.5. The first kappa shape index (κ1) is 44.3. The lowest BCUT2D eigenvalue weighted by atomic mass is 9.89. The van der Waals surface area contributed by atoms with Gasteiger partial charge in [-0.2, -0.15) is 0 Å². The van der Waals surface area contributed by atoms with Gasteiger partial charge < -0.3 is 0 Å². The lowest BCUT2D eigenvalue weighted by Crippen LogP contribution is -1.91. The Kier molecular flexibility index (Phi) is 11.8.